The van der Waals surface area contributed by atoms with Gasteiger partial charge in [-0.15, -0.1) is 0 Å². The molecule has 0 aromatic carbocycles. The number of nitrogens with one attached hydrogen (secondary N) is 1. The van der Waals surface area contributed by atoms with E-state index in [0.717, 1.165) is 55.9 Å². The van der Waals surface area contributed by atoms with Crippen LogP contribution in [0.15, 0.2) is 4.63 Å². The number of hydrogen-bond acceptors (Lipinski definition) is 5. The van der Waals surface area contributed by atoms with Crippen LogP contribution in [0.2, 0.25) is 0 Å². The lowest BCUT2D eigenvalue weighted by Gasteiger charge is -2.32. The summed E-state index contributed by atoms with van der Waals surface area (Å²) in [5.74, 6) is 1.48. The van der Waals surface area contributed by atoms with Crippen LogP contribution in [0.4, 0.5) is 0 Å². The molecule has 1 N–H and O–H groups in total. The summed E-state index contributed by atoms with van der Waals surface area (Å²) in [6.45, 7) is 11.9. The van der Waals surface area contributed by atoms with E-state index in [-0.39, 0.29) is 0 Å². The third-order valence-electron chi connectivity index (χ3n) is 3.71. The van der Waals surface area contributed by atoms with Gasteiger partial charge in [-0.05, 0) is 51.2 Å². The molecule has 0 radical (unpaired) electrons. The normalized spacial score (nSPS) is 21.2. The highest BCUT2D eigenvalue weighted by molar-refractivity contribution is 5.04. The Hall–Kier alpha value is -0.940. The molecule has 1 unspecified atom stereocenters. The number of aromatic nitrogens is 2. The number of nitrogens with zero attached hydrogens (tertiary/aromatic N) is 3. The maximum absolute atomic E-state index is 4.77. The van der Waals surface area contributed by atoms with E-state index in [2.05, 4.69) is 34.4 Å². The fourth-order valence-electron chi connectivity index (χ4n) is 2.64. The Morgan fingerprint density at radius 2 is 2.26 bits per heavy atom. The Bertz CT molecular complexity index is 377. The molecule has 0 amide bonds. The molecular formula is C14H26N4O. The molecule has 1 aromatic rings. The molecule has 2 rings (SSSR count). The first-order valence-corrected chi connectivity index (χ1v) is 7.36. The highest BCUT2D eigenvalue weighted by atomic mass is 16.6. The van der Waals surface area contributed by atoms with Crippen LogP contribution in [0.5, 0.6) is 0 Å². The number of piperidine rings is 1. The summed E-state index contributed by atoms with van der Waals surface area (Å²) in [4.78, 5) is 2.47. The summed E-state index contributed by atoms with van der Waals surface area (Å²) in [6, 6.07) is 0. The fourth-order valence-corrected chi connectivity index (χ4v) is 2.64. The number of rotatable bonds is 6. The number of likely N-dealkylation sites (tertiary alicyclic amines) is 1. The van der Waals surface area contributed by atoms with Crippen molar-refractivity contribution in [1.82, 2.24) is 20.5 Å². The van der Waals surface area contributed by atoms with Gasteiger partial charge in [0.15, 0.2) is 0 Å². The van der Waals surface area contributed by atoms with Gasteiger partial charge < -0.3 is 5.32 Å². The molecular weight excluding hydrogens is 240 g/mol. The summed E-state index contributed by atoms with van der Waals surface area (Å²) >= 11 is 0. The Labute approximate surface area is 115 Å². The zero-order valence-corrected chi connectivity index (χ0v) is 12.4. The van der Waals surface area contributed by atoms with Crippen molar-refractivity contribution in [2.75, 3.05) is 26.2 Å². The SMILES string of the molecule is Cc1nonc1CN1CCCC(CNCC(C)C)C1. The molecule has 1 aliphatic rings. The van der Waals surface area contributed by atoms with Crippen molar-refractivity contribution in [1.29, 1.82) is 0 Å². The van der Waals surface area contributed by atoms with E-state index in [4.69, 9.17) is 4.63 Å². The van der Waals surface area contributed by atoms with Crippen LogP contribution in [-0.4, -0.2) is 41.4 Å². The molecule has 19 heavy (non-hydrogen) atoms. The van der Waals surface area contributed by atoms with Crippen molar-refractivity contribution in [3.8, 4) is 0 Å². The molecule has 1 fully saturated rings. The first-order chi connectivity index (χ1) is 9.15. The van der Waals surface area contributed by atoms with Crippen LogP contribution >= 0.6 is 0 Å². The van der Waals surface area contributed by atoms with E-state index in [1.807, 2.05) is 6.92 Å². The van der Waals surface area contributed by atoms with Crippen molar-refractivity contribution in [2.45, 2.75) is 40.2 Å². The minimum atomic E-state index is 0.726. The van der Waals surface area contributed by atoms with Gasteiger partial charge in [-0.1, -0.05) is 24.2 Å². The van der Waals surface area contributed by atoms with Crippen molar-refractivity contribution in [3.63, 3.8) is 0 Å². The molecule has 5 nitrogen and oxygen atoms in total. The molecule has 2 heterocycles. The second kappa shape index (κ2) is 7.01. The van der Waals surface area contributed by atoms with Crippen LogP contribution in [0, 0.1) is 18.8 Å². The summed E-state index contributed by atoms with van der Waals surface area (Å²) in [7, 11) is 0. The monoisotopic (exact) mass is 266 g/mol. The minimum absolute atomic E-state index is 0.726. The lowest BCUT2D eigenvalue weighted by molar-refractivity contribution is 0.160. The highest BCUT2D eigenvalue weighted by Crippen LogP contribution is 2.18. The highest BCUT2D eigenvalue weighted by Gasteiger charge is 2.21. The lowest BCUT2D eigenvalue weighted by Crippen LogP contribution is -2.40. The standard InChI is InChI=1S/C14H26N4O/c1-11(2)7-15-8-13-5-4-6-18(9-13)10-14-12(3)16-19-17-14/h11,13,15H,4-10H2,1-3H3. The zero-order chi connectivity index (χ0) is 13.7. The van der Waals surface area contributed by atoms with Gasteiger partial charge in [0.25, 0.3) is 0 Å². The largest absolute Gasteiger partial charge is 0.316 e. The maximum Gasteiger partial charge on any atom is 0.122 e. The van der Waals surface area contributed by atoms with Crippen LogP contribution in [0.25, 0.3) is 0 Å². The Morgan fingerprint density at radius 3 is 2.95 bits per heavy atom. The summed E-state index contributed by atoms with van der Waals surface area (Å²) in [5.41, 5.74) is 1.90. The number of hydrogen-bond donors (Lipinski definition) is 1. The average molecular weight is 266 g/mol. The topological polar surface area (TPSA) is 54.2 Å². The van der Waals surface area contributed by atoms with Gasteiger partial charge in [0.1, 0.15) is 11.4 Å². The van der Waals surface area contributed by atoms with Crippen molar-refractivity contribution >= 4 is 0 Å². The van der Waals surface area contributed by atoms with Crippen molar-refractivity contribution < 1.29 is 4.63 Å². The Kier molecular flexibility index (Phi) is 5.34. The predicted octanol–water partition coefficient (Wildman–Crippen LogP) is 1.84. The first-order valence-electron chi connectivity index (χ1n) is 7.36. The third-order valence-corrected chi connectivity index (χ3v) is 3.71. The summed E-state index contributed by atoms with van der Waals surface area (Å²) in [6.07, 6.45) is 2.61. The van der Waals surface area contributed by atoms with Crippen LogP contribution in [0.1, 0.15) is 38.1 Å². The molecule has 1 aromatic heterocycles. The quantitative estimate of drug-likeness (QED) is 0.851. The van der Waals surface area contributed by atoms with E-state index in [1.54, 1.807) is 0 Å². The molecule has 0 aliphatic carbocycles. The second-order valence-electron chi connectivity index (χ2n) is 6.09. The van der Waals surface area contributed by atoms with E-state index in [0.29, 0.717) is 0 Å². The predicted molar refractivity (Wildman–Crippen MR) is 74.7 cm³/mol. The smallest absolute Gasteiger partial charge is 0.122 e. The van der Waals surface area contributed by atoms with E-state index in [1.165, 1.54) is 12.8 Å². The molecule has 1 aliphatic heterocycles. The Balaban J connectivity index is 1.75. The summed E-state index contributed by atoms with van der Waals surface area (Å²) < 4.78 is 4.77. The summed E-state index contributed by atoms with van der Waals surface area (Å²) in [5, 5.41) is 11.4. The van der Waals surface area contributed by atoms with Gasteiger partial charge in [0, 0.05) is 13.1 Å². The molecule has 1 atom stereocenters. The lowest BCUT2D eigenvalue weighted by atomic mass is 9.97. The second-order valence-corrected chi connectivity index (χ2v) is 6.09. The van der Waals surface area contributed by atoms with Gasteiger partial charge in [-0.3, -0.25) is 4.90 Å². The van der Waals surface area contributed by atoms with Crippen LogP contribution in [-0.2, 0) is 6.54 Å². The van der Waals surface area contributed by atoms with Gasteiger partial charge in [-0.25, -0.2) is 4.63 Å². The molecule has 5 heteroatoms. The van der Waals surface area contributed by atoms with Gasteiger partial charge in [0.05, 0.1) is 0 Å². The zero-order valence-electron chi connectivity index (χ0n) is 12.4. The van der Waals surface area contributed by atoms with Gasteiger partial charge >= 0.3 is 0 Å². The fraction of sp³-hybridized carbons (Fsp3) is 0.857. The van der Waals surface area contributed by atoms with Gasteiger partial charge in [-0.2, -0.15) is 0 Å². The van der Waals surface area contributed by atoms with E-state index < -0.39 is 0 Å². The maximum atomic E-state index is 4.77. The van der Waals surface area contributed by atoms with Gasteiger partial charge in [0.2, 0.25) is 0 Å². The first kappa shape index (κ1) is 14.5. The molecule has 108 valence electrons. The van der Waals surface area contributed by atoms with Crippen molar-refractivity contribution in [3.05, 3.63) is 11.4 Å². The van der Waals surface area contributed by atoms with E-state index >= 15 is 0 Å². The molecule has 0 saturated carbocycles. The molecule has 0 bridgehead atoms. The molecule has 1 saturated heterocycles. The van der Waals surface area contributed by atoms with Crippen LogP contribution in [0.3, 0.4) is 0 Å². The third kappa shape index (κ3) is 4.58. The number of aryl methyl sites for hydroxylation is 1. The van der Waals surface area contributed by atoms with Crippen molar-refractivity contribution in [2.24, 2.45) is 11.8 Å². The molecule has 0 spiro atoms. The average Bonchev–Trinajstić information content (AvgIpc) is 2.75. The van der Waals surface area contributed by atoms with E-state index in [9.17, 15) is 0 Å². The Morgan fingerprint density at radius 1 is 1.42 bits per heavy atom. The van der Waals surface area contributed by atoms with Crippen LogP contribution < -0.4 is 5.32 Å². The minimum Gasteiger partial charge on any atom is -0.316 e.